The molecule has 0 unspecified atom stereocenters. The molecule has 2 heterocycles. The number of carbonyl (C=O) groups is 1. The number of aromatic hydroxyl groups is 1. The number of benzene rings is 3. The number of fused-ring (bicyclic) bond motifs is 1. The standard InChI is InChI=1S/C28H25FN2O4S/c1-30-26(33)3-2-14-31-16-23(17-31)34-21-9-11-22(12-10-21)35-27-24-13-8-20(32)15-25(24)36-28(27)18-4-6-19(29)7-5-18/h2-13,15,23,32H,14,16-17H2,1H3,(H,30,33)/b3-2+. The Labute approximate surface area is 212 Å². The quantitative estimate of drug-likeness (QED) is 0.307. The van der Waals surface area contributed by atoms with Crippen LogP contribution >= 0.6 is 11.3 Å². The summed E-state index contributed by atoms with van der Waals surface area (Å²) < 4.78 is 26.7. The van der Waals surface area contributed by atoms with E-state index in [9.17, 15) is 14.3 Å². The molecule has 184 valence electrons. The number of thiophene rings is 1. The summed E-state index contributed by atoms with van der Waals surface area (Å²) in [4.78, 5) is 14.3. The Bertz CT molecular complexity index is 1390. The fourth-order valence-corrected chi connectivity index (χ4v) is 5.16. The van der Waals surface area contributed by atoms with Crippen LogP contribution in [0.1, 0.15) is 0 Å². The number of phenols is 1. The number of rotatable bonds is 8. The number of hydrogen-bond donors (Lipinski definition) is 2. The minimum absolute atomic E-state index is 0.101. The van der Waals surface area contributed by atoms with Crippen molar-refractivity contribution in [1.82, 2.24) is 10.2 Å². The van der Waals surface area contributed by atoms with Gasteiger partial charge in [-0.25, -0.2) is 4.39 Å². The van der Waals surface area contributed by atoms with Crippen molar-refractivity contribution in [1.29, 1.82) is 0 Å². The Morgan fingerprint density at radius 2 is 1.83 bits per heavy atom. The van der Waals surface area contributed by atoms with E-state index in [1.807, 2.05) is 36.4 Å². The van der Waals surface area contributed by atoms with E-state index >= 15 is 0 Å². The third kappa shape index (κ3) is 5.35. The second-order valence-electron chi connectivity index (χ2n) is 8.50. The molecule has 0 bridgehead atoms. The molecule has 1 aromatic heterocycles. The number of ether oxygens (including phenoxy) is 2. The Hall–Kier alpha value is -3.88. The van der Waals surface area contributed by atoms with E-state index in [1.165, 1.54) is 29.5 Å². The molecule has 1 aliphatic heterocycles. The maximum Gasteiger partial charge on any atom is 0.243 e. The molecule has 8 heteroatoms. The van der Waals surface area contributed by atoms with E-state index in [4.69, 9.17) is 9.47 Å². The molecule has 4 aromatic rings. The van der Waals surface area contributed by atoms with E-state index in [0.29, 0.717) is 18.0 Å². The van der Waals surface area contributed by atoms with Crippen LogP contribution in [-0.4, -0.2) is 48.7 Å². The van der Waals surface area contributed by atoms with Crippen LogP contribution in [0.2, 0.25) is 0 Å². The van der Waals surface area contributed by atoms with Gasteiger partial charge in [-0.2, -0.15) is 0 Å². The Kier molecular flexibility index (Phi) is 6.88. The maximum absolute atomic E-state index is 13.5. The molecule has 1 fully saturated rings. The number of phenolic OH excluding ortho intramolecular Hbond substituents is 1. The summed E-state index contributed by atoms with van der Waals surface area (Å²) in [5, 5.41) is 13.4. The topological polar surface area (TPSA) is 71.0 Å². The Balaban J connectivity index is 1.27. The minimum atomic E-state index is -0.300. The van der Waals surface area contributed by atoms with Gasteiger partial charge in [0.2, 0.25) is 5.91 Å². The van der Waals surface area contributed by atoms with Crippen LogP contribution in [0.25, 0.3) is 20.5 Å². The zero-order chi connectivity index (χ0) is 25.1. The first kappa shape index (κ1) is 23.8. The van der Waals surface area contributed by atoms with Gasteiger partial charge in [0, 0.05) is 42.8 Å². The largest absolute Gasteiger partial charge is 0.508 e. The first-order valence-electron chi connectivity index (χ1n) is 11.5. The molecule has 5 rings (SSSR count). The van der Waals surface area contributed by atoms with Crippen LogP contribution in [0, 0.1) is 5.82 Å². The summed E-state index contributed by atoms with van der Waals surface area (Å²) in [6, 6.07) is 18.9. The number of nitrogens with one attached hydrogen (secondary N) is 1. The molecule has 1 saturated heterocycles. The molecular weight excluding hydrogens is 479 g/mol. The average Bonchev–Trinajstić information content (AvgIpc) is 3.20. The number of amides is 1. The fourth-order valence-electron chi connectivity index (χ4n) is 3.99. The second-order valence-corrected chi connectivity index (χ2v) is 9.55. The lowest BCUT2D eigenvalue weighted by atomic mass is 10.1. The number of carbonyl (C=O) groups excluding carboxylic acids is 1. The van der Waals surface area contributed by atoms with Crippen molar-refractivity contribution in [2.24, 2.45) is 0 Å². The predicted octanol–water partition coefficient (Wildman–Crippen LogP) is 5.57. The summed E-state index contributed by atoms with van der Waals surface area (Å²) in [7, 11) is 1.61. The van der Waals surface area contributed by atoms with Gasteiger partial charge < -0.3 is 19.9 Å². The van der Waals surface area contributed by atoms with E-state index in [1.54, 1.807) is 31.3 Å². The zero-order valence-corrected chi connectivity index (χ0v) is 20.4. The molecule has 1 amide bonds. The maximum atomic E-state index is 13.5. The fraction of sp³-hybridized carbons (Fsp3) is 0.179. The minimum Gasteiger partial charge on any atom is -0.508 e. The Morgan fingerprint density at radius 3 is 2.56 bits per heavy atom. The van der Waals surface area contributed by atoms with Gasteiger partial charge in [0.15, 0.2) is 5.75 Å². The molecule has 0 radical (unpaired) electrons. The lowest BCUT2D eigenvalue weighted by Crippen LogP contribution is -2.53. The van der Waals surface area contributed by atoms with Crippen molar-refractivity contribution in [3.8, 4) is 33.4 Å². The monoisotopic (exact) mass is 504 g/mol. The Morgan fingerprint density at radius 1 is 1.11 bits per heavy atom. The average molecular weight is 505 g/mol. The van der Waals surface area contributed by atoms with Gasteiger partial charge in [0.1, 0.15) is 29.2 Å². The van der Waals surface area contributed by atoms with Gasteiger partial charge in [-0.1, -0.05) is 18.2 Å². The van der Waals surface area contributed by atoms with Gasteiger partial charge in [-0.3, -0.25) is 9.69 Å². The summed E-state index contributed by atoms with van der Waals surface area (Å²) in [6.45, 7) is 2.30. The number of hydrogen-bond acceptors (Lipinski definition) is 6. The molecule has 36 heavy (non-hydrogen) atoms. The first-order chi connectivity index (χ1) is 17.5. The number of likely N-dealkylation sites (N-methyl/N-ethyl adjacent to an activating group) is 1. The molecule has 3 aromatic carbocycles. The van der Waals surface area contributed by atoms with Crippen LogP contribution in [0.5, 0.6) is 23.0 Å². The normalized spacial score (nSPS) is 14.2. The lowest BCUT2D eigenvalue weighted by Gasteiger charge is -2.38. The highest BCUT2D eigenvalue weighted by molar-refractivity contribution is 7.22. The van der Waals surface area contributed by atoms with Crippen LogP contribution in [0.3, 0.4) is 0 Å². The smallest absolute Gasteiger partial charge is 0.243 e. The zero-order valence-electron chi connectivity index (χ0n) is 19.6. The summed E-state index contributed by atoms with van der Waals surface area (Å²) in [5.41, 5.74) is 0.840. The SMILES string of the molecule is CNC(=O)/C=C/CN1CC(Oc2ccc(Oc3c(-c4ccc(F)cc4)sc4cc(O)ccc34)cc2)C1. The highest BCUT2D eigenvalue weighted by Crippen LogP contribution is 2.47. The molecule has 0 spiro atoms. The van der Waals surface area contributed by atoms with Gasteiger partial charge >= 0.3 is 0 Å². The predicted molar refractivity (Wildman–Crippen MR) is 139 cm³/mol. The molecular formula is C28H25FN2O4S. The highest BCUT2D eigenvalue weighted by atomic mass is 32.1. The van der Waals surface area contributed by atoms with E-state index in [0.717, 1.165) is 39.4 Å². The van der Waals surface area contributed by atoms with E-state index < -0.39 is 0 Å². The van der Waals surface area contributed by atoms with Gasteiger partial charge in [0.05, 0.1) is 4.88 Å². The molecule has 1 aliphatic rings. The second kappa shape index (κ2) is 10.4. The molecule has 2 N–H and O–H groups in total. The van der Waals surface area contributed by atoms with Crippen molar-refractivity contribution in [3.63, 3.8) is 0 Å². The first-order valence-corrected chi connectivity index (χ1v) is 12.4. The number of likely N-dealkylation sites (tertiary alicyclic amines) is 1. The van der Waals surface area contributed by atoms with Gasteiger partial charge in [0.25, 0.3) is 0 Å². The van der Waals surface area contributed by atoms with Crippen LogP contribution in [-0.2, 0) is 4.79 Å². The van der Waals surface area contributed by atoms with Crippen molar-refractivity contribution in [2.75, 3.05) is 26.7 Å². The summed E-state index contributed by atoms with van der Waals surface area (Å²) >= 11 is 1.48. The van der Waals surface area contributed by atoms with Crippen LogP contribution < -0.4 is 14.8 Å². The molecule has 6 nitrogen and oxygen atoms in total. The van der Waals surface area contributed by atoms with E-state index in [2.05, 4.69) is 10.2 Å². The summed E-state index contributed by atoms with van der Waals surface area (Å²) in [6.07, 6.45) is 3.48. The van der Waals surface area contributed by atoms with Crippen LogP contribution in [0.15, 0.2) is 78.9 Å². The van der Waals surface area contributed by atoms with Crippen molar-refractivity contribution >= 4 is 27.3 Å². The van der Waals surface area contributed by atoms with Crippen LogP contribution in [0.4, 0.5) is 4.39 Å². The summed E-state index contributed by atoms with van der Waals surface area (Å²) in [5.74, 6) is 1.84. The van der Waals surface area contributed by atoms with Gasteiger partial charge in [-0.05, 0) is 60.2 Å². The van der Waals surface area contributed by atoms with Crippen molar-refractivity contribution < 1.29 is 23.8 Å². The highest BCUT2D eigenvalue weighted by Gasteiger charge is 2.27. The molecule has 0 atom stereocenters. The third-order valence-corrected chi connectivity index (χ3v) is 7.07. The van der Waals surface area contributed by atoms with Crippen molar-refractivity contribution in [3.05, 3.63) is 84.7 Å². The van der Waals surface area contributed by atoms with Gasteiger partial charge in [-0.15, -0.1) is 11.3 Å². The number of nitrogens with zero attached hydrogens (tertiary/aromatic N) is 1. The number of halogens is 1. The van der Waals surface area contributed by atoms with E-state index in [-0.39, 0.29) is 23.6 Å². The van der Waals surface area contributed by atoms with Crippen molar-refractivity contribution in [2.45, 2.75) is 6.10 Å². The lowest BCUT2D eigenvalue weighted by molar-refractivity contribution is -0.116. The molecule has 0 saturated carbocycles. The third-order valence-electron chi connectivity index (χ3n) is 5.88. The molecule has 0 aliphatic carbocycles.